The summed E-state index contributed by atoms with van der Waals surface area (Å²) >= 11 is 0. The summed E-state index contributed by atoms with van der Waals surface area (Å²) in [6.07, 6.45) is 5.28. The van der Waals surface area contributed by atoms with Crippen molar-refractivity contribution >= 4 is 10.2 Å². The van der Waals surface area contributed by atoms with Crippen molar-refractivity contribution in [1.29, 1.82) is 0 Å². The van der Waals surface area contributed by atoms with Gasteiger partial charge >= 0.3 is 0 Å². The normalized spacial score (nSPS) is 20.0. The van der Waals surface area contributed by atoms with Gasteiger partial charge in [0.05, 0.1) is 0 Å². The fourth-order valence-corrected chi connectivity index (χ4v) is 4.55. The number of benzene rings is 1. The van der Waals surface area contributed by atoms with E-state index in [1.165, 1.54) is 10.7 Å². The predicted molar refractivity (Wildman–Crippen MR) is 87.7 cm³/mol. The molecule has 23 heavy (non-hydrogen) atoms. The molecule has 1 aromatic carbocycles. The highest BCUT2D eigenvalue weighted by molar-refractivity contribution is 7.87. The van der Waals surface area contributed by atoms with Crippen LogP contribution in [-0.2, 0) is 10.2 Å². The zero-order valence-electron chi connectivity index (χ0n) is 13.6. The molecule has 1 fully saturated rings. The van der Waals surface area contributed by atoms with Crippen molar-refractivity contribution < 1.29 is 17.9 Å². The van der Waals surface area contributed by atoms with E-state index >= 15 is 0 Å². The average molecular weight is 340 g/mol. The number of nitrogens with zero attached hydrogens (tertiary/aromatic N) is 1. The highest BCUT2D eigenvalue weighted by atomic mass is 32.2. The lowest BCUT2D eigenvalue weighted by atomic mass is 9.96. The van der Waals surface area contributed by atoms with Crippen LogP contribution in [0.25, 0.3) is 0 Å². The average Bonchev–Trinajstić information content (AvgIpc) is 3.02. The van der Waals surface area contributed by atoms with E-state index in [-0.39, 0.29) is 18.9 Å². The maximum atomic E-state index is 12.6. The molecule has 0 unspecified atom stereocenters. The van der Waals surface area contributed by atoms with Gasteiger partial charge in [-0.25, -0.2) is 0 Å². The van der Waals surface area contributed by atoms with Gasteiger partial charge in [0.25, 0.3) is 10.2 Å². The first-order valence-corrected chi connectivity index (χ1v) is 9.56. The molecule has 1 heterocycles. The molecule has 3 rings (SSSR count). The van der Waals surface area contributed by atoms with Gasteiger partial charge in [-0.3, -0.25) is 0 Å². The first kappa shape index (κ1) is 16.5. The Morgan fingerprint density at radius 2 is 1.87 bits per heavy atom. The molecule has 1 atom stereocenters. The van der Waals surface area contributed by atoms with Crippen LogP contribution in [0.4, 0.5) is 0 Å². The molecule has 1 aromatic rings. The molecule has 2 aliphatic rings. The smallest absolute Gasteiger partial charge is 0.279 e. The lowest BCUT2D eigenvalue weighted by Crippen LogP contribution is -2.45. The van der Waals surface area contributed by atoms with Crippen molar-refractivity contribution in [2.45, 2.75) is 51.1 Å². The third-order valence-corrected chi connectivity index (χ3v) is 6.40. The van der Waals surface area contributed by atoms with Gasteiger partial charge in [0.1, 0.15) is 0 Å². The van der Waals surface area contributed by atoms with Crippen LogP contribution in [0.1, 0.15) is 50.6 Å². The van der Waals surface area contributed by atoms with Gasteiger partial charge in [0.15, 0.2) is 11.5 Å². The van der Waals surface area contributed by atoms with Gasteiger partial charge in [-0.2, -0.15) is 17.4 Å². The maximum Gasteiger partial charge on any atom is 0.279 e. The Labute approximate surface area is 138 Å². The third-order valence-electron chi connectivity index (χ3n) is 4.69. The monoisotopic (exact) mass is 340 g/mol. The molecule has 7 heteroatoms. The van der Waals surface area contributed by atoms with E-state index in [0.717, 1.165) is 31.2 Å². The second-order valence-corrected chi connectivity index (χ2v) is 8.03. The number of fused-ring (bicyclic) bond motifs is 1. The minimum Gasteiger partial charge on any atom is -0.454 e. The topological polar surface area (TPSA) is 67.9 Å². The molecule has 0 aromatic heterocycles. The van der Waals surface area contributed by atoms with Gasteiger partial charge in [-0.1, -0.05) is 25.3 Å². The second-order valence-electron chi connectivity index (χ2n) is 6.27. The van der Waals surface area contributed by atoms with Crippen LogP contribution < -0.4 is 14.2 Å². The summed E-state index contributed by atoms with van der Waals surface area (Å²) in [6, 6.07) is 5.27. The molecule has 6 nitrogen and oxygen atoms in total. The molecule has 0 bridgehead atoms. The maximum absolute atomic E-state index is 12.6. The lowest BCUT2D eigenvalue weighted by molar-refractivity contribution is 0.174. The van der Waals surface area contributed by atoms with Crippen molar-refractivity contribution in [2.24, 2.45) is 0 Å². The Hall–Kier alpha value is -1.31. The van der Waals surface area contributed by atoms with Gasteiger partial charge in [0, 0.05) is 19.1 Å². The fraction of sp³-hybridized carbons (Fsp3) is 0.625. The van der Waals surface area contributed by atoms with E-state index in [0.29, 0.717) is 11.5 Å². The Balaban J connectivity index is 1.69. The minimum absolute atomic E-state index is 0.102. The quantitative estimate of drug-likeness (QED) is 0.894. The molecule has 1 aliphatic heterocycles. The summed E-state index contributed by atoms with van der Waals surface area (Å²) in [6.45, 7) is 2.05. The molecule has 0 radical (unpaired) electrons. The van der Waals surface area contributed by atoms with Crippen LogP contribution in [0.15, 0.2) is 18.2 Å². The summed E-state index contributed by atoms with van der Waals surface area (Å²) in [5.74, 6) is 1.36. The van der Waals surface area contributed by atoms with Gasteiger partial charge in [-0.05, 0) is 37.5 Å². The van der Waals surface area contributed by atoms with Gasteiger partial charge in [-0.15, -0.1) is 0 Å². The largest absolute Gasteiger partial charge is 0.454 e. The van der Waals surface area contributed by atoms with Crippen molar-refractivity contribution in [3.05, 3.63) is 23.8 Å². The van der Waals surface area contributed by atoms with E-state index in [1.54, 1.807) is 7.05 Å². The third kappa shape index (κ3) is 3.62. The number of hydrogen-bond donors (Lipinski definition) is 1. The molecule has 1 saturated carbocycles. The van der Waals surface area contributed by atoms with Crippen LogP contribution in [0.3, 0.4) is 0 Å². The molecular weight excluding hydrogens is 316 g/mol. The van der Waals surface area contributed by atoms with E-state index in [4.69, 9.17) is 9.47 Å². The summed E-state index contributed by atoms with van der Waals surface area (Å²) in [5.41, 5.74) is 0.856. The highest BCUT2D eigenvalue weighted by Crippen LogP contribution is 2.34. The van der Waals surface area contributed by atoms with Gasteiger partial charge in [0.2, 0.25) is 6.79 Å². The molecule has 128 valence electrons. The SMILES string of the molecule is C[C@@H](NS(=O)(=O)N(C)C1CCCCC1)c1ccc2c(c1)OCO2. The van der Waals surface area contributed by atoms with Crippen molar-refractivity contribution in [2.75, 3.05) is 13.8 Å². The Morgan fingerprint density at radius 3 is 2.61 bits per heavy atom. The van der Waals surface area contributed by atoms with Crippen LogP contribution >= 0.6 is 0 Å². The standard InChI is InChI=1S/C16H24N2O4S/c1-12(13-8-9-15-16(10-13)22-11-21-15)17-23(19,20)18(2)14-6-4-3-5-7-14/h8-10,12,14,17H,3-7,11H2,1-2H3/t12-/m1/s1. The number of ether oxygens (including phenoxy) is 2. The van der Waals surface area contributed by atoms with Crippen molar-refractivity contribution in [3.8, 4) is 11.5 Å². The highest BCUT2D eigenvalue weighted by Gasteiger charge is 2.29. The lowest BCUT2D eigenvalue weighted by Gasteiger charge is -2.31. The summed E-state index contributed by atoms with van der Waals surface area (Å²) in [5, 5.41) is 0. The van der Waals surface area contributed by atoms with Crippen molar-refractivity contribution in [1.82, 2.24) is 9.03 Å². The minimum atomic E-state index is -3.51. The zero-order valence-corrected chi connectivity index (χ0v) is 14.4. The number of nitrogens with one attached hydrogen (secondary N) is 1. The molecular formula is C16H24N2O4S. The fourth-order valence-electron chi connectivity index (χ4n) is 3.20. The van der Waals surface area contributed by atoms with E-state index in [2.05, 4.69) is 4.72 Å². The zero-order chi connectivity index (χ0) is 16.4. The molecule has 0 saturated heterocycles. The van der Waals surface area contributed by atoms with Crippen molar-refractivity contribution in [3.63, 3.8) is 0 Å². The van der Waals surface area contributed by atoms with E-state index in [9.17, 15) is 8.42 Å². The molecule has 0 spiro atoms. The Kier molecular flexibility index (Phi) is 4.79. The van der Waals surface area contributed by atoms with E-state index < -0.39 is 10.2 Å². The number of hydrogen-bond acceptors (Lipinski definition) is 4. The van der Waals surface area contributed by atoms with Crippen LogP contribution in [0, 0.1) is 0 Å². The summed E-state index contributed by atoms with van der Waals surface area (Å²) < 4.78 is 40.1. The van der Waals surface area contributed by atoms with Crippen LogP contribution in [-0.4, -0.2) is 32.6 Å². The Bertz CT molecular complexity index is 656. The van der Waals surface area contributed by atoms with E-state index in [1.807, 2.05) is 25.1 Å². The molecule has 0 amide bonds. The molecule has 1 aliphatic carbocycles. The molecule has 1 N–H and O–H groups in total. The number of rotatable bonds is 5. The first-order valence-electron chi connectivity index (χ1n) is 8.12. The second kappa shape index (κ2) is 6.67. The summed E-state index contributed by atoms with van der Waals surface area (Å²) in [7, 11) is -1.84. The van der Waals surface area contributed by atoms with Crippen LogP contribution in [0.2, 0.25) is 0 Å². The summed E-state index contributed by atoms with van der Waals surface area (Å²) in [4.78, 5) is 0. The predicted octanol–water partition coefficient (Wildman–Crippen LogP) is 2.58. The van der Waals surface area contributed by atoms with Crippen LogP contribution in [0.5, 0.6) is 11.5 Å². The Morgan fingerprint density at radius 1 is 1.17 bits per heavy atom. The first-order chi connectivity index (χ1) is 11.0. The van der Waals surface area contributed by atoms with Gasteiger partial charge < -0.3 is 9.47 Å².